The Labute approximate surface area is 193 Å². The number of allylic oxidation sites excluding steroid dienone is 1. The van der Waals surface area contributed by atoms with Gasteiger partial charge in [-0.15, -0.1) is 0 Å². The highest BCUT2D eigenvalue weighted by atomic mass is 16.5. The van der Waals surface area contributed by atoms with Gasteiger partial charge in [-0.1, -0.05) is 29.8 Å². The van der Waals surface area contributed by atoms with Crippen molar-refractivity contribution in [2.75, 3.05) is 24.3 Å². The van der Waals surface area contributed by atoms with E-state index in [0.29, 0.717) is 11.8 Å². The van der Waals surface area contributed by atoms with E-state index < -0.39 is 0 Å². The minimum atomic E-state index is 0.590. The molecule has 0 bridgehead atoms. The summed E-state index contributed by atoms with van der Waals surface area (Å²) in [5.74, 6) is 2.11. The van der Waals surface area contributed by atoms with Crippen LogP contribution in [0.3, 0.4) is 0 Å². The van der Waals surface area contributed by atoms with E-state index in [1.807, 2.05) is 65.5 Å². The van der Waals surface area contributed by atoms with E-state index in [1.54, 1.807) is 7.11 Å². The predicted molar refractivity (Wildman–Crippen MR) is 133 cm³/mol. The smallest absolute Gasteiger partial charge is 0.226 e. The summed E-state index contributed by atoms with van der Waals surface area (Å²) in [6.07, 6.45) is 10.2. The Balaban J connectivity index is 1.46. The van der Waals surface area contributed by atoms with E-state index in [9.17, 15) is 0 Å². The van der Waals surface area contributed by atoms with E-state index in [2.05, 4.69) is 21.8 Å². The molecule has 0 amide bonds. The van der Waals surface area contributed by atoms with Gasteiger partial charge in [0.15, 0.2) is 5.65 Å². The van der Waals surface area contributed by atoms with Gasteiger partial charge in [0, 0.05) is 12.2 Å². The number of fused-ring (bicyclic) bond motifs is 1. The molecule has 1 aliphatic carbocycles. The Bertz CT molecular complexity index is 1250. The molecule has 0 radical (unpaired) electrons. The molecule has 33 heavy (non-hydrogen) atoms. The average Bonchev–Trinajstić information content (AvgIpc) is 3.30. The van der Waals surface area contributed by atoms with Crippen molar-refractivity contribution >= 4 is 28.5 Å². The van der Waals surface area contributed by atoms with Gasteiger partial charge < -0.3 is 15.4 Å². The standard InChI is InChI=1S/C26H28N6O/c1-33-22-14-12-20(13-15-22)29-24-23-18-28-32(21-10-6-3-7-11-21)25(23)31-26(30-24)27-17-16-19-8-4-2-5-9-19/h3,6-8,10-15,18H,2,4-5,9,16-17H2,1H3,(H2,27,29,30,31). The summed E-state index contributed by atoms with van der Waals surface area (Å²) in [5.41, 5.74) is 4.16. The monoisotopic (exact) mass is 440 g/mol. The summed E-state index contributed by atoms with van der Waals surface area (Å²) in [6.45, 7) is 0.804. The van der Waals surface area contributed by atoms with Crippen molar-refractivity contribution in [3.8, 4) is 11.4 Å². The van der Waals surface area contributed by atoms with Gasteiger partial charge in [-0.25, -0.2) is 4.68 Å². The number of hydrogen-bond donors (Lipinski definition) is 2. The molecule has 2 heterocycles. The predicted octanol–water partition coefficient (Wildman–Crippen LogP) is 5.87. The van der Waals surface area contributed by atoms with Crippen LogP contribution in [-0.4, -0.2) is 33.4 Å². The van der Waals surface area contributed by atoms with Crippen molar-refractivity contribution in [3.63, 3.8) is 0 Å². The van der Waals surface area contributed by atoms with Crippen LogP contribution < -0.4 is 15.4 Å². The van der Waals surface area contributed by atoms with E-state index in [0.717, 1.165) is 41.1 Å². The second kappa shape index (κ2) is 9.73. The first-order valence-electron chi connectivity index (χ1n) is 11.4. The van der Waals surface area contributed by atoms with Crippen LogP contribution in [0.25, 0.3) is 16.7 Å². The maximum absolute atomic E-state index is 5.27. The molecule has 7 nitrogen and oxygen atoms in total. The lowest BCUT2D eigenvalue weighted by Gasteiger charge is -2.14. The quantitative estimate of drug-likeness (QED) is 0.334. The lowest BCUT2D eigenvalue weighted by molar-refractivity contribution is 0.415. The maximum Gasteiger partial charge on any atom is 0.226 e. The molecule has 5 rings (SSSR count). The topological polar surface area (TPSA) is 76.9 Å². The van der Waals surface area contributed by atoms with Crippen molar-refractivity contribution in [2.45, 2.75) is 32.1 Å². The first-order valence-corrected chi connectivity index (χ1v) is 11.4. The SMILES string of the molecule is COc1ccc(Nc2nc(NCCC3=CCCCC3)nc3c2cnn3-c2ccccc2)cc1. The van der Waals surface area contributed by atoms with Gasteiger partial charge in [0.05, 0.1) is 24.4 Å². The molecule has 0 spiro atoms. The number of nitrogens with one attached hydrogen (secondary N) is 2. The normalized spacial score (nSPS) is 13.5. The zero-order valence-corrected chi connectivity index (χ0v) is 18.8. The van der Waals surface area contributed by atoms with Gasteiger partial charge in [0.25, 0.3) is 0 Å². The van der Waals surface area contributed by atoms with E-state index >= 15 is 0 Å². The van der Waals surface area contributed by atoms with E-state index in [4.69, 9.17) is 14.7 Å². The Hall–Kier alpha value is -3.87. The maximum atomic E-state index is 5.27. The second-order valence-corrected chi connectivity index (χ2v) is 8.16. The molecule has 2 N–H and O–H groups in total. The highest BCUT2D eigenvalue weighted by Crippen LogP contribution is 2.28. The van der Waals surface area contributed by atoms with Crippen LogP contribution in [-0.2, 0) is 0 Å². The van der Waals surface area contributed by atoms with Crippen LogP contribution in [0, 0.1) is 0 Å². The van der Waals surface area contributed by atoms with Crippen molar-refractivity contribution in [3.05, 3.63) is 72.4 Å². The Morgan fingerprint density at radius 1 is 1.00 bits per heavy atom. The zero-order chi connectivity index (χ0) is 22.5. The fourth-order valence-corrected chi connectivity index (χ4v) is 4.12. The molecule has 2 aromatic heterocycles. The third-order valence-electron chi connectivity index (χ3n) is 5.90. The van der Waals surface area contributed by atoms with Crippen LogP contribution >= 0.6 is 0 Å². The van der Waals surface area contributed by atoms with Gasteiger partial charge in [0.1, 0.15) is 11.6 Å². The summed E-state index contributed by atoms with van der Waals surface area (Å²) >= 11 is 0. The van der Waals surface area contributed by atoms with E-state index in [1.165, 1.54) is 31.3 Å². The molecule has 168 valence electrons. The third kappa shape index (κ3) is 4.82. The van der Waals surface area contributed by atoms with Gasteiger partial charge in [-0.3, -0.25) is 0 Å². The highest BCUT2D eigenvalue weighted by molar-refractivity contribution is 5.90. The van der Waals surface area contributed by atoms with Gasteiger partial charge in [-0.05, 0) is 68.5 Å². The van der Waals surface area contributed by atoms with Gasteiger partial charge in [-0.2, -0.15) is 15.1 Å². The van der Waals surface area contributed by atoms with Crippen LogP contribution in [0.1, 0.15) is 32.1 Å². The fraction of sp³-hybridized carbons (Fsp3) is 0.269. The number of nitrogens with zero attached hydrogens (tertiary/aromatic N) is 4. The number of aromatic nitrogens is 4. The molecule has 4 aromatic rings. The molecular formula is C26H28N6O. The van der Waals surface area contributed by atoms with Crippen molar-refractivity contribution in [2.24, 2.45) is 0 Å². The minimum Gasteiger partial charge on any atom is -0.497 e. The molecule has 0 atom stereocenters. The highest BCUT2D eigenvalue weighted by Gasteiger charge is 2.15. The summed E-state index contributed by atoms with van der Waals surface area (Å²) < 4.78 is 7.13. The van der Waals surface area contributed by atoms with Crippen LogP contribution in [0.2, 0.25) is 0 Å². The lowest BCUT2D eigenvalue weighted by Crippen LogP contribution is -2.09. The summed E-state index contributed by atoms with van der Waals surface area (Å²) in [4.78, 5) is 9.61. The molecule has 1 aliphatic rings. The Kier molecular flexibility index (Phi) is 6.19. The summed E-state index contributed by atoms with van der Waals surface area (Å²) in [7, 11) is 1.66. The largest absolute Gasteiger partial charge is 0.497 e. The van der Waals surface area contributed by atoms with Gasteiger partial charge in [0.2, 0.25) is 5.95 Å². The minimum absolute atomic E-state index is 0.590. The zero-order valence-electron chi connectivity index (χ0n) is 18.8. The van der Waals surface area contributed by atoms with Crippen molar-refractivity contribution in [1.29, 1.82) is 0 Å². The molecule has 0 saturated heterocycles. The summed E-state index contributed by atoms with van der Waals surface area (Å²) in [5, 5.41) is 12.3. The molecule has 7 heteroatoms. The van der Waals surface area contributed by atoms with Crippen molar-refractivity contribution < 1.29 is 4.74 Å². The molecule has 0 unspecified atom stereocenters. The number of hydrogen-bond acceptors (Lipinski definition) is 6. The number of methoxy groups -OCH3 is 1. The van der Waals surface area contributed by atoms with E-state index in [-0.39, 0.29) is 0 Å². The van der Waals surface area contributed by atoms with Gasteiger partial charge >= 0.3 is 0 Å². The van der Waals surface area contributed by atoms with Crippen LogP contribution in [0.5, 0.6) is 5.75 Å². The third-order valence-corrected chi connectivity index (χ3v) is 5.90. The van der Waals surface area contributed by atoms with Crippen molar-refractivity contribution in [1.82, 2.24) is 19.7 Å². The molecule has 2 aromatic carbocycles. The first kappa shape index (κ1) is 21.0. The molecule has 0 saturated carbocycles. The lowest BCUT2D eigenvalue weighted by atomic mass is 9.97. The number of rotatable bonds is 8. The number of benzene rings is 2. The molecule has 0 aliphatic heterocycles. The van der Waals surface area contributed by atoms with Crippen LogP contribution in [0.15, 0.2) is 72.4 Å². The number of anilines is 3. The Morgan fingerprint density at radius 2 is 1.85 bits per heavy atom. The number of ether oxygens (including phenoxy) is 1. The fourth-order valence-electron chi connectivity index (χ4n) is 4.12. The average molecular weight is 441 g/mol. The second-order valence-electron chi connectivity index (χ2n) is 8.16. The molecule has 0 fully saturated rings. The Morgan fingerprint density at radius 3 is 2.61 bits per heavy atom. The molecular weight excluding hydrogens is 412 g/mol. The van der Waals surface area contributed by atoms with Crippen LogP contribution in [0.4, 0.5) is 17.5 Å². The first-order chi connectivity index (χ1) is 16.3. The summed E-state index contributed by atoms with van der Waals surface area (Å²) in [6, 6.07) is 17.8. The number of para-hydroxylation sites is 1.